The van der Waals surface area contributed by atoms with Crippen LogP contribution in [0, 0.1) is 6.92 Å². The van der Waals surface area contributed by atoms with Crippen molar-refractivity contribution in [2.75, 3.05) is 12.3 Å². The summed E-state index contributed by atoms with van der Waals surface area (Å²) < 4.78 is 0. The van der Waals surface area contributed by atoms with Gasteiger partial charge >= 0.3 is 0 Å². The Labute approximate surface area is 187 Å². The molecule has 0 saturated heterocycles. The molecule has 2 amide bonds. The molecule has 0 aliphatic rings. The van der Waals surface area contributed by atoms with E-state index in [4.69, 9.17) is 23.2 Å². The number of carbonyl (C=O) groups is 2. The molecule has 0 aliphatic heterocycles. The van der Waals surface area contributed by atoms with E-state index in [2.05, 4.69) is 5.32 Å². The second-order valence-electron chi connectivity index (χ2n) is 6.79. The van der Waals surface area contributed by atoms with Crippen LogP contribution in [-0.4, -0.2) is 35.1 Å². The first-order valence-electron chi connectivity index (χ1n) is 9.53. The number of rotatable bonds is 9. The second kappa shape index (κ2) is 11.5. The fraction of sp³-hybridized carbons (Fsp3) is 0.364. The van der Waals surface area contributed by atoms with Gasteiger partial charge in [0.2, 0.25) is 11.8 Å². The maximum absolute atomic E-state index is 13.1. The molecule has 0 aromatic heterocycles. The molecule has 0 aliphatic carbocycles. The molecule has 4 nitrogen and oxygen atoms in total. The molecule has 0 radical (unpaired) electrons. The van der Waals surface area contributed by atoms with Gasteiger partial charge in [0, 0.05) is 33.6 Å². The molecular weight excluding hydrogens is 427 g/mol. The molecule has 0 unspecified atom stereocenters. The molecule has 0 bridgehead atoms. The maximum atomic E-state index is 13.1. The van der Waals surface area contributed by atoms with E-state index in [1.807, 2.05) is 38.1 Å². The van der Waals surface area contributed by atoms with Crippen LogP contribution in [0.1, 0.15) is 31.4 Å². The third-order valence-electron chi connectivity index (χ3n) is 4.49. The zero-order chi connectivity index (χ0) is 21.4. The van der Waals surface area contributed by atoms with Crippen LogP contribution in [0.4, 0.5) is 0 Å². The van der Waals surface area contributed by atoms with Gasteiger partial charge in [-0.3, -0.25) is 9.59 Å². The quantitative estimate of drug-likeness (QED) is 0.522. The third kappa shape index (κ3) is 6.95. The smallest absolute Gasteiger partial charge is 0.242 e. The number of aryl methyl sites for hydroxylation is 1. The van der Waals surface area contributed by atoms with Crippen LogP contribution in [0.15, 0.2) is 47.4 Å². The van der Waals surface area contributed by atoms with E-state index < -0.39 is 6.04 Å². The molecule has 0 saturated carbocycles. The highest BCUT2D eigenvalue weighted by Crippen LogP contribution is 2.27. The molecule has 0 spiro atoms. The van der Waals surface area contributed by atoms with E-state index in [9.17, 15) is 9.59 Å². The van der Waals surface area contributed by atoms with Crippen molar-refractivity contribution in [3.63, 3.8) is 0 Å². The Hall–Kier alpha value is -1.69. The van der Waals surface area contributed by atoms with Gasteiger partial charge in [-0.25, -0.2) is 0 Å². The predicted molar refractivity (Wildman–Crippen MR) is 122 cm³/mol. The van der Waals surface area contributed by atoms with Gasteiger partial charge in [0.05, 0.1) is 5.75 Å². The molecule has 7 heteroatoms. The van der Waals surface area contributed by atoms with Crippen LogP contribution in [0.3, 0.4) is 0 Å². The number of benzene rings is 2. The van der Waals surface area contributed by atoms with Crippen LogP contribution < -0.4 is 5.32 Å². The molecule has 2 aromatic rings. The van der Waals surface area contributed by atoms with E-state index in [-0.39, 0.29) is 24.1 Å². The van der Waals surface area contributed by atoms with Crippen molar-refractivity contribution in [3.05, 3.63) is 63.6 Å². The topological polar surface area (TPSA) is 49.4 Å². The highest BCUT2D eigenvalue weighted by Gasteiger charge is 2.27. The fourth-order valence-corrected chi connectivity index (χ4v) is 4.00. The van der Waals surface area contributed by atoms with Gasteiger partial charge in [0.1, 0.15) is 6.04 Å². The van der Waals surface area contributed by atoms with E-state index >= 15 is 0 Å². The van der Waals surface area contributed by atoms with Gasteiger partial charge in [0.25, 0.3) is 0 Å². The van der Waals surface area contributed by atoms with Crippen molar-refractivity contribution in [1.29, 1.82) is 0 Å². The molecule has 1 N–H and O–H groups in total. The molecule has 0 heterocycles. The first kappa shape index (κ1) is 23.6. The molecule has 2 aromatic carbocycles. The average Bonchev–Trinajstić information content (AvgIpc) is 2.70. The summed E-state index contributed by atoms with van der Waals surface area (Å²) >= 11 is 14.1. The van der Waals surface area contributed by atoms with Crippen molar-refractivity contribution in [3.8, 4) is 0 Å². The van der Waals surface area contributed by atoms with E-state index in [1.165, 1.54) is 11.8 Å². The molecule has 156 valence electrons. The molecule has 29 heavy (non-hydrogen) atoms. The number of amides is 2. The van der Waals surface area contributed by atoms with Crippen LogP contribution in [-0.2, 0) is 16.1 Å². The van der Waals surface area contributed by atoms with Gasteiger partial charge in [0.15, 0.2) is 0 Å². The Morgan fingerprint density at radius 3 is 2.31 bits per heavy atom. The normalized spacial score (nSPS) is 11.8. The Bertz CT molecular complexity index is 823. The van der Waals surface area contributed by atoms with Gasteiger partial charge in [-0.05, 0) is 44.5 Å². The minimum absolute atomic E-state index is 0.147. The Morgan fingerprint density at radius 1 is 1.10 bits per heavy atom. The molecule has 1 atom stereocenters. The lowest BCUT2D eigenvalue weighted by atomic mass is 10.1. The highest BCUT2D eigenvalue weighted by atomic mass is 35.5. The summed E-state index contributed by atoms with van der Waals surface area (Å²) in [5.41, 5.74) is 1.80. The number of hydrogen-bond donors (Lipinski definition) is 1. The summed E-state index contributed by atoms with van der Waals surface area (Å²) in [5.74, 6) is -0.120. The fourth-order valence-electron chi connectivity index (χ4n) is 2.69. The first-order chi connectivity index (χ1) is 13.8. The summed E-state index contributed by atoms with van der Waals surface area (Å²) in [6.07, 6.45) is 0.825. The number of nitrogens with one attached hydrogen (secondary N) is 1. The molecule has 2 rings (SSSR count). The number of hydrogen-bond acceptors (Lipinski definition) is 3. The van der Waals surface area contributed by atoms with Crippen LogP contribution in [0.2, 0.25) is 10.0 Å². The largest absolute Gasteiger partial charge is 0.354 e. The molecule has 0 fully saturated rings. The summed E-state index contributed by atoms with van der Waals surface area (Å²) in [4.78, 5) is 28.2. The lowest BCUT2D eigenvalue weighted by Crippen LogP contribution is -2.48. The third-order valence-corrected chi connectivity index (χ3v) is 6.19. The Balaban J connectivity index is 2.19. The SMILES string of the molecule is CCCNC(=O)[C@@H](C)N(Cc1c(Cl)cccc1Cl)C(=O)CSc1ccc(C)cc1. The van der Waals surface area contributed by atoms with Gasteiger partial charge in [-0.15, -0.1) is 11.8 Å². The monoisotopic (exact) mass is 452 g/mol. The van der Waals surface area contributed by atoms with Gasteiger partial charge < -0.3 is 10.2 Å². The summed E-state index contributed by atoms with van der Waals surface area (Å²) in [5, 5.41) is 3.81. The van der Waals surface area contributed by atoms with Crippen LogP contribution >= 0.6 is 35.0 Å². The zero-order valence-electron chi connectivity index (χ0n) is 16.9. The first-order valence-corrected chi connectivity index (χ1v) is 11.3. The lowest BCUT2D eigenvalue weighted by Gasteiger charge is -2.29. The summed E-state index contributed by atoms with van der Waals surface area (Å²) in [6.45, 7) is 6.47. The minimum atomic E-state index is -0.639. The van der Waals surface area contributed by atoms with Gasteiger partial charge in [-0.2, -0.15) is 0 Å². The number of halogens is 2. The van der Waals surface area contributed by atoms with Crippen molar-refractivity contribution >= 4 is 46.8 Å². The minimum Gasteiger partial charge on any atom is -0.354 e. The maximum Gasteiger partial charge on any atom is 0.242 e. The van der Waals surface area contributed by atoms with Crippen molar-refractivity contribution < 1.29 is 9.59 Å². The lowest BCUT2D eigenvalue weighted by molar-refractivity contribution is -0.138. The van der Waals surface area contributed by atoms with E-state index in [0.717, 1.165) is 16.9 Å². The number of thioether (sulfide) groups is 1. The number of carbonyl (C=O) groups excluding carboxylic acids is 2. The second-order valence-corrected chi connectivity index (χ2v) is 8.65. The summed E-state index contributed by atoms with van der Waals surface area (Å²) in [7, 11) is 0. The van der Waals surface area contributed by atoms with E-state index in [1.54, 1.807) is 30.0 Å². The Morgan fingerprint density at radius 2 is 1.72 bits per heavy atom. The Kier molecular flexibility index (Phi) is 9.34. The van der Waals surface area contributed by atoms with Crippen molar-refractivity contribution in [2.45, 2.75) is 44.7 Å². The average molecular weight is 453 g/mol. The predicted octanol–water partition coefficient (Wildman–Crippen LogP) is 5.34. The highest BCUT2D eigenvalue weighted by molar-refractivity contribution is 8.00. The summed E-state index contributed by atoms with van der Waals surface area (Å²) in [6, 6.07) is 12.6. The van der Waals surface area contributed by atoms with Crippen molar-refractivity contribution in [1.82, 2.24) is 10.2 Å². The zero-order valence-corrected chi connectivity index (χ0v) is 19.2. The van der Waals surface area contributed by atoms with Crippen LogP contribution in [0.25, 0.3) is 0 Å². The van der Waals surface area contributed by atoms with Crippen molar-refractivity contribution in [2.24, 2.45) is 0 Å². The van der Waals surface area contributed by atoms with E-state index in [0.29, 0.717) is 22.2 Å². The molecular formula is C22H26Cl2N2O2S. The van der Waals surface area contributed by atoms with Gasteiger partial charge in [-0.1, -0.05) is 53.9 Å². The number of nitrogens with zero attached hydrogens (tertiary/aromatic N) is 1. The standard InChI is InChI=1S/C22H26Cl2N2O2S/c1-4-12-25-22(28)16(3)26(13-18-19(23)6-5-7-20(18)24)21(27)14-29-17-10-8-15(2)9-11-17/h5-11,16H,4,12-14H2,1-3H3,(H,25,28)/t16-/m1/s1. The van der Waals surface area contributed by atoms with Crippen LogP contribution in [0.5, 0.6) is 0 Å².